The average molecular weight is 458 g/mol. The van der Waals surface area contributed by atoms with Crippen molar-refractivity contribution in [1.29, 1.82) is 0 Å². The largest absolute Gasteiger partial charge is 0.147 e. The van der Waals surface area contributed by atoms with Crippen molar-refractivity contribution in [3.8, 4) is 0 Å². The van der Waals surface area contributed by atoms with Crippen LogP contribution in [0.3, 0.4) is 0 Å². The number of halogens is 4. The summed E-state index contributed by atoms with van der Waals surface area (Å²) in [6.07, 6.45) is 9.33. The minimum absolute atomic E-state index is 0.142. The molecule has 0 fully saturated rings. The first-order chi connectivity index (χ1) is 6.48. The highest BCUT2D eigenvalue weighted by atomic mass is 80.0. The van der Waals surface area contributed by atoms with Gasteiger partial charge in [-0.1, -0.05) is 109 Å². The van der Waals surface area contributed by atoms with Crippen LogP contribution in [-0.4, -0.2) is 6.97 Å². The van der Waals surface area contributed by atoms with E-state index in [0.717, 1.165) is 0 Å². The van der Waals surface area contributed by atoms with E-state index in [1.54, 1.807) is 0 Å². The van der Waals surface area contributed by atoms with Crippen molar-refractivity contribution in [3.63, 3.8) is 0 Å². The van der Waals surface area contributed by atoms with Crippen LogP contribution >= 0.6 is 63.7 Å². The van der Waals surface area contributed by atoms with Gasteiger partial charge >= 0.3 is 0 Å². The van der Waals surface area contributed by atoms with Crippen molar-refractivity contribution in [2.45, 2.75) is 58.8 Å². The molecule has 0 saturated heterocycles. The summed E-state index contributed by atoms with van der Waals surface area (Å²) in [4.78, 5) is 0.432. The predicted molar refractivity (Wildman–Crippen MR) is 80.2 cm³/mol. The topological polar surface area (TPSA) is 0 Å². The van der Waals surface area contributed by atoms with E-state index in [-0.39, 0.29) is 2.14 Å². The van der Waals surface area contributed by atoms with E-state index < -0.39 is 0 Å². The summed E-state index contributed by atoms with van der Waals surface area (Å²) in [5.41, 5.74) is 0. The second-order valence-corrected chi connectivity index (χ2v) is 11.6. The number of unbranched alkanes of at least 4 members (excludes halogenated alkanes) is 5. The molecule has 14 heavy (non-hydrogen) atoms. The molecule has 4 heteroatoms. The van der Waals surface area contributed by atoms with Gasteiger partial charge < -0.3 is 0 Å². The SMILES string of the molecule is CCCCCCCCC(Br)C(Br)(Br)Br. The lowest BCUT2D eigenvalue weighted by atomic mass is 10.1. The van der Waals surface area contributed by atoms with Crippen LogP contribution in [-0.2, 0) is 0 Å². The Morgan fingerprint density at radius 3 is 1.93 bits per heavy atom. The Kier molecular flexibility index (Phi) is 10.2. The Morgan fingerprint density at radius 2 is 1.43 bits per heavy atom. The van der Waals surface area contributed by atoms with Gasteiger partial charge in [0.25, 0.3) is 0 Å². The summed E-state index contributed by atoms with van der Waals surface area (Å²) < 4.78 is -0.142. The van der Waals surface area contributed by atoms with Gasteiger partial charge in [0, 0.05) is 4.83 Å². The molecule has 0 bridgehead atoms. The summed E-state index contributed by atoms with van der Waals surface area (Å²) >= 11 is 14.2. The maximum absolute atomic E-state index is 3.64. The van der Waals surface area contributed by atoms with Crippen molar-refractivity contribution in [1.82, 2.24) is 0 Å². The zero-order valence-corrected chi connectivity index (χ0v) is 14.9. The summed E-state index contributed by atoms with van der Waals surface area (Å²) in [5.74, 6) is 0. The molecular formula is C10H18Br4. The number of hydrogen-bond acceptors (Lipinski definition) is 0. The fraction of sp³-hybridized carbons (Fsp3) is 1.00. The van der Waals surface area contributed by atoms with Gasteiger partial charge in [-0.05, 0) is 6.42 Å². The van der Waals surface area contributed by atoms with Crippen LogP contribution < -0.4 is 0 Å². The summed E-state index contributed by atoms with van der Waals surface area (Å²) in [6, 6.07) is 0. The van der Waals surface area contributed by atoms with Gasteiger partial charge in [-0.3, -0.25) is 0 Å². The maximum Gasteiger partial charge on any atom is 0.147 e. The molecule has 0 aliphatic rings. The monoisotopic (exact) mass is 454 g/mol. The third kappa shape index (κ3) is 9.17. The summed E-state index contributed by atoms with van der Waals surface area (Å²) in [6.45, 7) is 2.25. The maximum atomic E-state index is 3.64. The third-order valence-electron chi connectivity index (χ3n) is 2.17. The quantitative estimate of drug-likeness (QED) is 0.309. The fourth-order valence-corrected chi connectivity index (χ4v) is 2.28. The number of hydrogen-bond donors (Lipinski definition) is 0. The van der Waals surface area contributed by atoms with Gasteiger partial charge in [-0.25, -0.2) is 0 Å². The highest BCUT2D eigenvalue weighted by Gasteiger charge is 2.27. The zero-order chi connectivity index (χ0) is 11.0. The van der Waals surface area contributed by atoms with Gasteiger partial charge in [0.15, 0.2) is 0 Å². The molecule has 0 radical (unpaired) electrons. The van der Waals surface area contributed by atoms with Crippen molar-refractivity contribution in [2.75, 3.05) is 0 Å². The first kappa shape index (κ1) is 15.9. The van der Waals surface area contributed by atoms with E-state index >= 15 is 0 Å². The third-order valence-corrected chi connectivity index (χ3v) is 6.81. The van der Waals surface area contributed by atoms with Crippen molar-refractivity contribution in [2.24, 2.45) is 0 Å². The standard InChI is InChI=1S/C10H18Br4/c1-2-3-4-5-6-7-8-9(11)10(12,13)14/h9H,2-8H2,1H3. The average Bonchev–Trinajstić information content (AvgIpc) is 2.09. The predicted octanol–water partition coefficient (Wildman–Crippen LogP) is 6.34. The van der Waals surface area contributed by atoms with Crippen molar-refractivity contribution >= 4 is 63.7 Å². The van der Waals surface area contributed by atoms with Crippen LogP contribution in [0.25, 0.3) is 0 Å². The Morgan fingerprint density at radius 1 is 0.929 bits per heavy atom. The van der Waals surface area contributed by atoms with Crippen LogP contribution in [0.4, 0.5) is 0 Å². The Hall–Kier alpha value is 1.92. The lowest BCUT2D eigenvalue weighted by Crippen LogP contribution is -2.16. The normalized spacial score (nSPS) is 14.4. The van der Waals surface area contributed by atoms with Gasteiger partial charge in [0.2, 0.25) is 0 Å². The van der Waals surface area contributed by atoms with Crippen LogP contribution in [0.5, 0.6) is 0 Å². The molecule has 0 N–H and O–H groups in total. The molecule has 0 nitrogen and oxygen atoms in total. The van der Waals surface area contributed by atoms with E-state index in [1.807, 2.05) is 0 Å². The molecule has 0 amide bonds. The first-order valence-electron chi connectivity index (χ1n) is 5.19. The molecule has 86 valence electrons. The van der Waals surface area contributed by atoms with Crippen molar-refractivity contribution < 1.29 is 0 Å². The summed E-state index contributed by atoms with van der Waals surface area (Å²) in [7, 11) is 0. The highest BCUT2D eigenvalue weighted by Crippen LogP contribution is 2.42. The lowest BCUT2D eigenvalue weighted by Gasteiger charge is -2.19. The molecule has 0 rings (SSSR count). The molecule has 0 aliphatic heterocycles. The molecule has 0 spiro atoms. The van der Waals surface area contributed by atoms with Crippen LogP contribution in [0.15, 0.2) is 0 Å². The highest BCUT2D eigenvalue weighted by molar-refractivity contribution is 9.40. The molecule has 0 aromatic heterocycles. The second-order valence-electron chi connectivity index (χ2n) is 3.57. The Labute approximate surface area is 121 Å². The van der Waals surface area contributed by atoms with Crippen LogP contribution in [0.1, 0.15) is 51.9 Å². The molecule has 0 heterocycles. The fourth-order valence-electron chi connectivity index (χ4n) is 1.27. The van der Waals surface area contributed by atoms with E-state index in [9.17, 15) is 0 Å². The van der Waals surface area contributed by atoms with E-state index in [1.165, 1.54) is 44.9 Å². The minimum atomic E-state index is -0.142. The molecular weight excluding hydrogens is 440 g/mol. The Bertz CT molecular complexity index is 131. The van der Waals surface area contributed by atoms with Crippen molar-refractivity contribution in [3.05, 3.63) is 0 Å². The lowest BCUT2D eigenvalue weighted by molar-refractivity contribution is 0.588. The number of rotatable bonds is 7. The molecule has 1 atom stereocenters. The zero-order valence-electron chi connectivity index (χ0n) is 8.54. The van der Waals surface area contributed by atoms with Gasteiger partial charge in [-0.2, -0.15) is 0 Å². The molecule has 0 aromatic carbocycles. The van der Waals surface area contributed by atoms with Crippen LogP contribution in [0.2, 0.25) is 0 Å². The first-order valence-corrected chi connectivity index (χ1v) is 8.48. The summed E-state index contributed by atoms with van der Waals surface area (Å²) in [5, 5.41) is 0. The van der Waals surface area contributed by atoms with E-state index in [0.29, 0.717) is 4.83 Å². The van der Waals surface area contributed by atoms with E-state index in [4.69, 9.17) is 0 Å². The molecule has 1 unspecified atom stereocenters. The van der Waals surface area contributed by atoms with Gasteiger partial charge in [0.05, 0.1) is 0 Å². The van der Waals surface area contributed by atoms with Crippen LogP contribution in [0, 0.1) is 0 Å². The molecule has 0 aliphatic carbocycles. The smallest absolute Gasteiger partial charge is 0.0857 e. The molecule has 0 aromatic rings. The van der Waals surface area contributed by atoms with E-state index in [2.05, 4.69) is 70.6 Å². The van der Waals surface area contributed by atoms with Gasteiger partial charge in [0.1, 0.15) is 2.14 Å². The molecule has 0 saturated carbocycles. The minimum Gasteiger partial charge on any atom is -0.0857 e. The second kappa shape index (κ2) is 9.00. The Balaban J connectivity index is 3.28. The van der Waals surface area contributed by atoms with Gasteiger partial charge in [-0.15, -0.1) is 0 Å². The number of alkyl halides is 4.